The summed E-state index contributed by atoms with van der Waals surface area (Å²) in [5.74, 6) is 2.34. The van der Waals surface area contributed by atoms with Crippen molar-refractivity contribution < 1.29 is 14.2 Å². The van der Waals surface area contributed by atoms with Crippen LogP contribution in [-0.2, 0) is 5.41 Å². The molecule has 1 aliphatic heterocycles. The predicted octanol–water partition coefficient (Wildman–Crippen LogP) is 2.54. The molecule has 1 heterocycles. The lowest BCUT2D eigenvalue weighted by molar-refractivity contribution is 0.305. The summed E-state index contributed by atoms with van der Waals surface area (Å²) in [5, 5.41) is 0. The molecule has 3 nitrogen and oxygen atoms in total. The zero-order chi connectivity index (χ0) is 11.8. The van der Waals surface area contributed by atoms with E-state index in [9.17, 15) is 0 Å². The average Bonchev–Trinajstić information content (AvgIpc) is 2.67. The van der Waals surface area contributed by atoms with E-state index in [4.69, 9.17) is 14.2 Å². The van der Waals surface area contributed by atoms with Gasteiger partial charge >= 0.3 is 0 Å². The van der Waals surface area contributed by atoms with E-state index in [0.717, 1.165) is 22.8 Å². The minimum absolute atomic E-state index is 0.188. The fraction of sp³-hybridized carbons (Fsp3) is 0.385. The molecule has 0 radical (unpaired) electrons. The maximum Gasteiger partial charge on any atom is 0.130 e. The van der Waals surface area contributed by atoms with Crippen LogP contribution < -0.4 is 14.2 Å². The first-order valence-corrected chi connectivity index (χ1v) is 5.17. The molecule has 0 unspecified atom stereocenters. The third-order valence-electron chi connectivity index (χ3n) is 3.04. The number of hydrogen-bond donors (Lipinski definition) is 0. The number of ether oxygens (including phenoxy) is 3. The van der Waals surface area contributed by atoms with Crippen molar-refractivity contribution >= 4 is 0 Å². The van der Waals surface area contributed by atoms with Crippen molar-refractivity contribution in [1.82, 2.24) is 0 Å². The quantitative estimate of drug-likeness (QED) is 0.733. The average molecular weight is 220 g/mol. The highest BCUT2D eigenvalue weighted by Gasteiger charge is 2.37. The molecule has 1 aliphatic rings. The van der Waals surface area contributed by atoms with Gasteiger partial charge in [0.25, 0.3) is 0 Å². The largest absolute Gasteiger partial charge is 0.496 e. The van der Waals surface area contributed by atoms with Crippen LogP contribution in [0, 0.1) is 0 Å². The Kier molecular flexibility index (Phi) is 2.54. The number of benzene rings is 1. The Morgan fingerprint density at radius 1 is 1.38 bits per heavy atom. The van der Waals surface area contributed by atoms with Gasteiger partial charge in [-0.3, -0.25) is 0 Å². The molecule has 0 amide bonds. The van der Waals surface area contributed by atoms with Gasteiger partial charge in [-0.05, 0) is 6.92 Å². The van der Waals surface area contributed by atoms with Crippen LogP contribution in [0.5, 0.6) is 17.2 Å². The third kappa shape index (κ3) is 1.43. The van der Waals surface area contributed by atoms with E-state index in [1.54, 1.807) is 14.2 Å². The van der Waals surface area contributed by atoms with Crippen molar-refractivity contribution in [2.24, 2.45) is 0 Å². The predicted molar refractivity (Wildman–Crippen MR) is 62.6 cm³/mol. The van der Waals surface area contributed by atoms with Gasteiger partial charge in [-0.2, -0.15) is 0 Å². The van der Waals surface area contributed by atoms with E-state index in [0.29, 0.717) is 6.61 Å². The second-order valence-corrected chi connectivity index (χ2v) is 4.11. The first kappa shape index (κ1) is 10.9. The van der Waals surface area contributed by atoms with Gasteiger partial charge in [0.1, 0.15) is 23.9 Å². The highest BCUT2D eigenvalue weighted by atomic mass is 16.5. The summed E-state index contributed by atoms with van der Waals surface area (Å²) < 4.78 is 16.2. The lowest BCUT2D eigenvalue weighted by Crippen LogP contribution is -2.20. The van der Waals surface area contributed by atoms with E-state index in [1.165, 1.54) is 0 Å². The molecule has 0 spiro atoms. The lowest BCUT2D eigenvalue weighted by atomic mass is 9.84. The molecule has 0 aliphatic carbocycles. The molecule has 0 saturated heterocycles. The van der Waals surface area contributed by atoms with Crippen molar-refractivity contribution in [3.63, 3.8) is 0 Å². The van der Waals surface area contributed by atoms with E-state index < -0.39 is 0 Å². The van der Waals surface area contributed by atoms with Gasteiger partial charge in [0.15, 0.2) is 0 Å². The minimum atomic E-state index is -0.188. The maximum absolute atomic E-state index is 5.66. The molecule has 2 rings (SSSR count). The molecule has 0 saturated carbocycles. The summed E-state index contributed by atoms with van der Waals surface area (Å²) in [5.41, 5.74) is 0.859. The SMILES string of the molecule is C=C[C@@]1(C)COc2cc(OC)cc(OC)c21. The Hall–Kier alpha value is -1.64. The van der Waals surface area contributed by atoms with Crippen LogP contribution >= 0.6 is 0 Å². The van der Waals surface area contributed by atoms with Crippen LogP contribution in [0.2, 0.25) is 0 Å². The van der Waals surface area contributed by atoms with Crippen LogP contribution in [0.3, 0.4) is 0 Å². The van der Waals surface area contributed by atoms with Crippen LogP contribution in [0.25, 0.3) is 0 Å². The van der Waals surface area contributed by atoms with Gasteiger partial charge in [0.2, 0.25) is 0 Å². The molecule has 1 atom stereocenters. The molecule has 16 heavy (non-hydrogen) atoms. The molecule has 1 aromatic carbocycles. The second-order valence-electron chi connectivity index (χ2n) is 4.11. The van der Waals surface area contributed by atoms with Crippen LogP contribution in [0.15, 0.2) is 24.8 Å². The zero-order valence-corrected chi connectivity index (χ0v) is 9.87. The fourth-order valence-electron chi connectivity index (χ4n) is 1.98. The summed E-state index contributed by atoms with van der Waals surface area (Å²) in [4.78, 5) is 0. The lowest BCUT2D eigenvalue weighted by Gasteiger charge is -2.19. The van der Waals surface area contributed by atoms with Crippen LogP contribution in [0.1, 0.15) is 12.5 Å². The molecular weight excluding hydrogens is 204 g/mol. The van der Waals surface area contributed by atoms with Crippen LogP contribution in [-0.4, -0.2) is 20.8 Å². The molecule has 0 aromatic heterocycles. The number of hydrogen-bond acceptors (Lipinski definition) is 3. The van der Waals surface area contributed by atoms with Gasteiger partial charge in [0.05, 0.1) is 19.6 Å². The molecule has 0 N–H and O–H groups in total. The normalized spacial score (nSPS) is 22.2. The van der Waals surface area contributed by atoms with Gasteiger partial charge in [0, 0.05) is 17.7 Å². The van der Waals surface area contributed by atoms with Gasteiger partial charge in [-0.1, -0.05) is 6.08 Å². The molecule has 86 valence electrons. The van der Waals surface area contributed by atoms with E-state index in [2.05, 4.69) is 13.5 Å². The third-order valence-corrected chi connectivity index (χ3v) is 3.04. The van der Waals surface area contributed by atoms with E-state index in [-0.39, 0.29) is 5.41 Å². The second kappa shape index (κ2) is 3.74. The molecule has 0 bridgehead atoms. The molecule has 1 aromatic rings. The Labute approximate surface area is 95.6 Å². The maximum atomic E-state index is 5.66. The van der Waals surface area contributed by atoms with Crippen molar-refractivity contribution in [3.05, 3.63) is 30.4 Å². The molecule has 3 heteroatoms. The van der Waals surface area contributed by atoms with Gasteiger partial charge in [-0.25, -0.2) is 0 Å². The minimum Gasteiger partial charge on any atom is -0.496 e. The Morgan fingerprint density at radius 3 is 2.69 bits per heavy atom. The summed E-state index contributed by atoms with van der Waals surface area (Å²) in [7, 11) is 3.28. The highest BCUT2D eigenvalue weighted by Crippen LogP contribution is 2.47. The van der Waals surface area contributed by atoms with Gasteiger partial charge < -0.3 is 14.2 Å². The Balaban J connectivity index is 2.61. The number of methoxy groups -OCH3 is 2. The Morgan fingerprint density at radius 2 is 2.12 bits per heavy atom. The molecule has 0 fully saturated rings. The van der Waals surface area contributed by atoms with Crippen molar-refractivity contribution in [1.29, 1.82) is 0 Å². The zero-order valence-electron chi connectivity index (χ0n) is 9.87. The monoisotopic (exact) mass is 220 g/mol. The van der Waals surface area contributed by atoms with E-state index >= 15 is 0 Å². The van der Waals surface area contributed by atoms with Crippen LogP contribution in [0.4, 0.5) is 0 Å². The summed E-state index contributed by atoms with van der Waals surface area (Å²) in [6, 6.07) is 3.75. The van der Waals surface area contributed by atoms with Crippen molar-refractivity contribution in [2.45, 2.75) is 12.3 Å². The smallest absolute Gasteiger partial charge is 0.130 e. The first-order valence-electron chi connectivity index (χ1n) is 5.17. The van der Waals surface area contributed by atoms with E-state index in [1.807, 2.05) is 18.2 Å². The van der Waals surface area contributed by atoms with Crippen molar-refractivity contribution in [2.75, 3.05) is 20.8 Å². The standard InChI is InChI=1S/C13H16O3/c1-5-13(2)8-16-11-7-9(14-3)6-10(15-4)12(11)13/h5-7H,1,8H2,2-4H3/t13-/m0/s1. The number of fused-ring (bicyclic) bond motifs is 1. The summed E-state index contributed by atoms with van der Waals surface area (Å²) >= 11 is 0. The molecular formula is C13H16O3. The highest BCUT2D eigenvalue weighted by molar-refractivity contribution is 5.58. The van der Waals surface area contributed by atoms with Gasteiger partial charge in [-0.15, -0.1) is 6.58 Å². The topological polar surface area (TPSA) is 27.7 Å². The van der Waals surface area contributed by atoms with Crippen molar-refractivity contribution in [3.8, 4) is 17.2 Å². The fourth-order valence-corrected chi connectivity index (χ4v) is 1.98. The summed E-state index contributed by atoms with van der Waals surface area (Å²) in [6.45, 7) is 6.54. The summed E-state index contributed by atoms with van der Waals surface area (Å²) in [6.07, 6.45) is 1.90. The first-order chi connectivity index (χ1) is 7.64. The Bertz CT molecular complexity index is 425. The number of rotatable bonds is 3.